The third kappa shape index (κ3) is 4.48. The van der Waals surface area contributed by atoms with Crippen LogP contribution in [-0.2, 0) is 17.8 Å². The molecule has 0 aliphatic carbocycles. The maximum Gasteiger partial charge on any atom is 0.224 e. The summed E-state index contributed by atoms with van der Waals surface area (Å²) in [5, 5.41) is 0.315. The third-order valence-corrected chi connectivity index (χ3v) is 6.98. The molecule has 5 rings (SSSR count). The zero-order valence-electron chi connectivity index (χ0n) is 17.1. The average molecular weight is 448 g/mol. The van der Waals surface area contributed by atoms with E-state index in [1.807, 2.05) is 13.0 Å². The Morgan fingerprint density at radius 3 is 2.43 bits per heavy atom. The molecule has 0 spiro atoms. The fraction of sp³-hybridized carbons (Fsp3) is 0.524. The molecule has 7 nitrogen and oxygen atoms in total. The first-order valence-corrected chi connectivity index (χ1v) is 11.6. The molecule has 0 atom stereocenters. The Kier molecular flexibility index (Phi) is 5.93. The number of ether oxygens (including phenoxy) is 1. The van der Waals surface area contributed by atoms with Crippen LogP contribution in [0.3, 0.4) is 0 Å². The van der Waals surface area contributed by atoms with Gasteiger partial charge in [0.05, 0.1) is 30.0 Å². The largest absolute Gasteiger partial charge is 0.465 e. The minimum absolute atomic E-state index is 0.315. The lowest BCUT2D eigenvalue weighted by molar-refractivity contribution is 0.116. The van der Waals surface area contributed by atoms with Crippen LogP contribution in [0.5, 0.6) is 0 Å². The number of fused-ring (bicyclic) bond motifs is 1. The van der Waals surface area contributed by atoms with Crippen LogP contribution in [-0.4, -0.2) is 72.3 Å². The highest BCUT2D eigenvalue weighted by Gasteiger charge is 2.22. The summed E-state index contributed by atoms with van der Waals surface area (Å²) in [4.78, 5) is 17.6. The number of hydrogen-bond donors (Lipinski definition) is 0. The molecular formula is C21H26ClN5O2S. The normalized spacial score (nSPS) is 19.1. The van der Waals surface area contributed by atoms with Crippen molar-refractivity contribution < 1.29 is 9.15 Å². The summed E-state index contributed by atoms with van der Waals surface area (Å²) < 4.78 is 12.3. The van der Waals surface area contributed by atoms with Gasteiger partial charge in [-0.1, -0.05) is 0 Å². The van der Waals surface area contributed by atoms with Crippen LogP contribution in [0.4, 0.5) is 5.82 Å². The summed E-state index contributed by atoms with van der Waals surface area (Å²) >= 11 is 8.02. The zero-order chi connectivity index (χ0) is 20.5. The van der Waals surface area contributed by atoms with Crippen molar-refractivity contribution in [2.75, 3.05) is 57.4 Å². The number of furan rings is 1. The van der Waals surface area contributed by atoms with Gasteiger partial charge < -0.3 is 14.1 Å². The lowest BCUT2D eigenvalue weighted by Gasteiger charge is -2.33. The van der Waals surface area contributed by atoms with Gasteiger partial charge in [0.1, 0.15) is 11.5 Å². The monoisotopic (exact) mass is 447 g/mol. The van der Waals surface area contributed by atoms with Gasteiger partial charge in [0.25, 0.3) is 0 Å². The second-order valence-corrected chi connectivity index (χ2v) is 9.38. The molecule has 3 aromatic rings. The lowest BCUT2D eigenvalue weighted by Crippen LogP contribution is -2.45. The Balaban J connectivity index is 1.25. The number of halogens is 1. The van der Waals surface area contributed by atoms with Crippen LogP contribution >= 0.6 is 22.9 Å². The van der Waals surface area contributed by atoms with E-state index in [1.54, 1.807) is 11.3 Å². The molecule has 2 aliphatic heterocycles. The van der Waals surface area contributed by atoms with E-state index in [4.69, 9.17) is 20.8 Å². The second kappa shape index (κ2) is 8.80. The summed E-state index contributed by atoms with van der Waals surface area (Å²) in [6.07, 6.45) is 0. The first-order chi connectivity index (χ1) is 14.6. The van der Waals surface area contributed by atoms with Crippen molar-refractivity contribution in [2.24, 2.45) is 0 Å². The maximum absolute atomic E-state index is 6.23. The predicted octanol–water partition coefficient (Wildman–Crippen LogP) is 3.40. The highest BCUT2D eigenvalue weighted by atomic mass is 35.5. The Morgan fingerprint density at radius 2 is 1.73 bits per heavy atom. The smallest absolute Gasteiger partial charge is 0.224 e. The summed E-state index contributed by atoms with van der Waals surface area (Å²) in [7, 11) is 0. The molecule has 0 saturated carbocycles. The number of piperazine rings is 1. The van der Waals surface area contributed by atoms with Gasteiger partial charge in [-0.2, -0.15) is 4.98 Å². The average Bonchev–Trinajstić information content (AvgIpc) is 3.34. The number of aromatic nitrogens is 2. The van der Waals surface area contributed by atoms with Gasteiger partial charge in [-0.25, -0.2) is 4.98 Å². The standard InChI is InChI=1S/C21H26ClN5O2S/c1-15-2-3-16(29-15)13-25-4-6-26(7-5-25)14-17-12-18-19(30-17)20(24-21(22)23-18)27-8-10-28-11-9-27/h2-3,12H,4-11,13-14H2,1H3. The van der Waals surface area contributed by atoms with Gasteiger partial charge in [-0.05, 0) is 36.7 Å². The second-order valence-electron chi connectivity index (χ2n) is 7.91. The van der Waals surface area contributed by atoms with Gasteiger partial charge in [-0.3, -0.25) is 9.80 Å². The van der Waals surface area contributed by atoms with Crippen molar-refractivity contribution >= 4 is 39.0 Å². The summed E-state index contributed by atoms with van der Waals surface area (Å²) in [6.45, 7) is 11.2. The topological polar surface area (TPSA) is 57.9 Å². The lowest BCUT2D eigenvalue weighted by atomic mass is 10.2. The van der Waals surface area contributed by atoms with Crippen LogP contribution in [0.1, 0.15) is 16.4 Å². The first kappa shape index (κ1) is 20.2. The SMILES string of the molecule is Cc1ccc(CN2CCN(Cc3cc4nc(Cl)nc(N5CCOCC5)c4s3)CC2)o1. The molecule has 0 N–H and O–H groups in total. The van der Waals surface area contributed by atoms with Gasteiger partial charge in [0, 0.05) is 50.7 Å². The number of thiophene rings is 1. The molecule has 30 heavy (non-hydrogen) atoms. The van der Waals surface area contributed by atoms with Crippen molar-refractivity contribution in [3.63, 3.8) is 0 Å². The van der Waals surface area contributed by atoms with E-state index in [-0.39, 0.29) is 0 Å². The number of rotatable bonds is 5. The van der Waals surface area contributed by atoms with E-state index < -0.39 is 0 Å². The summed E-state index contributed by atoms with van der Waals surface area (Å²) in [6, 6.07) is 6.29. The number of nitrogens with zero attached hydrogens (tertiary/aromatic N) is 5. The van der Waals surface area contributed by atoms with Gasteiger partial charge in [0.15, 0.2) is 5.82 Å². The Hall–Kier alpha value is -1.71. The number of hydrogen-bond acceptors (Lipinski definition) is 8. The van der Waals surface area contributed by atoms with Gasteiger partial charge in [0.2, 0.25) is 5.28 Å². The van der Waals surface area contributed by atoms with Crippen LogP contribution < -0.4 is 4.90 Å². The molecule has 9 heteroatoms. The van der Waals surface area contributed by atoms with Crippen LogP contribution in [0, 0.1) is 6.92 Å². The van der Waals surface area contributed by atoms with Crippen molar-refractivity contribution in [3.8, 4) is 0 Å². The molecule has 0 amide bonds. The highest BCUT2D eigenvalue weighted by molar-refractivity contribution is 7.19. The van der Waals surface area contributed by atoms with Gasteiger partial charge >= 0.3 is 0 Å². The fourth-order valence-corrected chi connectivity index (χ4v) is 5.45. The quantitative estimate of drug-likeness (QED) is 0.555. The minimum Gasteiger partial charge on any atom is -0.465 e. The van der Waals surface area contributed by atoms with Crippen molar-refractivity contribution in [1.82, 2.24) is 19.8 Å². The molecule has 0 unspecified atom stereocenters. The van der Waals surface area contributed by atoms with E-state index >= 15 is 0 Å². The maximum atomic E-state index is 6.23. The van der Waals surface area contributed by atoms with Crippen molar-refractivity contribution in [1.29, 1.82) is 0 Å². The van der Waals surface area contributed by atoms with E-state index in [1.165, 1.54) is 4.88 Å². The molecule has 160 valence electrons. The molecule has 0 radical (unpaired) electrons. The van der Waals surface area contributed by atoms with E-state index in [0.717, 1.165) is 93.1 Å². The zero-order valence-corrected chi connectivity index (χ0v) is 18.7. The van der Waals surface area contributed by atoms with E-state index in [0.29, 0.717) is 5.28 Å². The van der Waals surface area contributed by atoms with Crippen molar-refractivity contribution in [3.05, 3.63) is 39.9 Å². The molecule has 2 fully saturated rings. The molecule has 5 heterocycles. The number of morpholine rings is 1. The van der Waals surface area contributed by atoms with E-state index in [9.17, 15) is 0 Å². The molecule has 2 saturated heterocycles. The predicted molar refractivity (Wildman–Crippen MR) is 119 cm³/mol. The van der Waals surface area contributed by atoms with Crippen LogP contribution in [0.15, 0.2) is 22.6 Å². The fourth-order valence-electron chi connectivity index (χ4n) is 4.12. The van der Waals surface area contributed by atoms with Crippen LogP contribution in [0.2, 0.25) is 5.28 Å². The summed E-state index contributed by atoms with van der Waals surface area (Å²) in [5.74, 6) is 2.98. The Bertz CT molecular complexity index is 1010. The Labute approximate surface area is 185 Å². The number of aryl methyl sites for hydroxylation is 1. The molecular weight excluding hydrogens is 422 g/mol. The molecule has 3 aromatic heterocycles. The Morgan fingerprint density at radius 1 is 1.00 bits per heavy atom. The first-order valence-electron chi connectivity index (χ1n) is 10.4. The van der Waals surface area contributed by atoms with Crippen molar-refractivity contribution in [2.45, 2.75) is 20.0 Å². The molecule has 0 bridgehead atoms. The number of anilines is 1. The highest BCUT2D eigenvalue weighted by Crippen LogP contribution is 2.34. The third-order valence-electron chi connectivity index (χ3n) is 5.71. The molecule has 0 aromatic carbocycles. The van der Waals surface area contributed by atoms with Crippen LogP contribution in [0.25, 0.3) is 10.2 Å². The van der Waals surface area contributed by atoms with E-state index in [2.05, 4.69) is 36.8 Å². The summed E-state index contributed by atoms with van der Waals surface area (Å²) in [5.41, 5.74) is 0.948. The minimum atomic E-state index is 0.315. The van der Waals surface area contributed by atoms with Gasteiger partial charge in [-0.15, -0.1) is 11.3 Å². The molecule has 2 aliphatic rings.